The zero-order valence-electron chi connectivity index (χ0n) is 10.4. The predicted octanol–water partition coefficient (Wildman–Crippen LogP) is 1.66. The fraction of sp³-hybridized carbons (Fsp3) is 0.429. The quantitative estimate of drug-likeness (QED) is 0.850. The van der Waals surface area contributed by atoms with Crippen molar-refractivity contribution in [2.45, 2.75) is 38.1 Å². The number of rotatable bonds is 4. The monoisotopic (exact) mass is 247 g/mol. The summed E-state index contributed by atoms with van der Waals surface area (Å²) in [5, 5.41) is 11.8. The SMILES string of the molecule is Cc1ccc(CC(=O)NC2(C(=O)O)CCC2)cc1. The van der Waals surface area contributed by atoms with Gasteiger partial charge in [0.25, 0.3) is 0 Å². The third kappa shape index (κ3) is 2.53. The van der Waals surface area contributed by atoms with Crippen molar-refractivity contribution in [2.75, 3.05) is 0 Å². The molecule has 0 unspecified atom stereocenters. The number of aliphatic carboxylic acids is 1. The van der Waals surface area contributed by atoms with Crippen molar-refractivity contribution < 1.29 is 14.7 Å². The number of carbonyl (C=O) groups is 2. The van der Waals surface area contributed by atoms with Crippen LogP contribution in [-0.2, 0) is 16.0 Å². The number of carboxylic acid groups (broad SMARTS) is 1. The van der Waals surface area contributed by atoms with Gasteiger partial charge in [0.1, 0.15) is 5.54 Å². The van der Waals surface area contributed by atoms with Crippen molar-refractivity contribution in [1.82, 2.24) is 5.32 Å². The highest BCUT2D eigenvalue weighted by Gasteiger charge is 2.45. The molecule has 0 aliphatic heterocycles. The van der Waals surface area contributed by atoms with Crippen LogP contribution in [0.4, 0.5) is 0 Å². The molecule has 1 amide bonds. The van der Waals surface area contributed by atoms with Crippen LogP contribution in [0.2, 0.25) is 0 Å². The second-order valence-corrected chi connectivity index (χ2v) is 4.95. The Bertz CT molecular complexity index is 460. The predicted molar refractivity (Wildman–Crippen MR) is 67.2 cm³/mol. The molecule has 0 atom stereocenters. The molecule has 1 aliphatic rings. The highest BCUT2D eigenvalue weighted by Crippen LogP contribution is 2.32. The summed E-state index contributed by atoms with van der Waals surface area (Å²) in [5.41, 5.74) is 1.03. The number of nitrogens with one attached hydrogen (secondary N) is 1. The minimum atomic E-state index is -1.01. The van der Waals surface area contributed by atoms with E-state index in [0.717, 1.165) is 17.5 Å². The summed E-state index contributed by atoms with van der Waals surface area (Å²) in [6.07, 6.45) is 2.15. The van der Waals surface area contributed by atoms with Crippen molar-refractivity contribution in [3.8, 4) is 0 Å². The Kier molecular flexibility index (Phi) is 3.36. The number of carboxylic acids is 1. The smallest absolute Gasteiger partial charge is 0.329 e. The van der Waals surface area contributed by atoms with Gasteiger partial charge in [0.05, 0.1) is 6.42 Å². The number of carbonyl (C=O) groups excluding carboxylic acids is 1. The van der Waals surface area contributed by atoms with Gasteiger partial charge in [-0.1, -0.05) is 29.8 Å². The number of aryl methyl sites for hydroxylation is 1. The standard InChI is InChI=1S/C14H17NO3/c1-10-3-5-11(6-4-10)9-12(16)15-14(13(17)18)7-2-8-14/h3-6H,2,7-9H2,1H3,(H,15,16)(H,17,18). The molecular formula is C14H17NO3. The molecule has 0 heterocycles. The molecule has 4 heteroatoms. The normalized spacial score (nSPS) is 16.7. The molecule has 1 aliphatic carbocycles. The maximum Gasteiger partial charge on any atom is 0.329 e. The summed E-state index contributed by atoms with van der Waals surface area (Å²) in [6, 6.07) is 7.67. The van der Waals surface area contributed by atoms with Crippen molar-refractivity contribution >= 4 is 11.9 Å². The lowest BCUT2D eigenvalue weighted by Gasteiger charge is -2.38. The van der Waals surface area contributed by atoms with Crippen LogP contribution in [-0.4, -0.2) is 22.5 Å². The second-order valence-electron chi connectivity index (χ2n) is 4.95. The Hall–Kier alpha value is -1.84. The number of hydrogen-bond acceptors (Lipinski definition) is 2. The van der Waals surface area contributed by atoms with E-state index in [0.29, 0.717) is 12.8 Å². The molecule has 1 aromatic carbocycles. The molecule has 0 saturated heterocycles. The van der Waals surface area contributed by atoms with E-state index >= 15 is 0 Å². The number of hydrogen-bond donors (Lipinski definition) is 2. The summed E-state index contributed by atoms with van der Waals surface area (Å²) in [4.78, 5) is 23.0. The highest BCUT2D eigenvalue weighted by molar-refractivity contribution is 5.88. The molecule has 18 heavy (non-hydrogen) atoms. The molecule has 4 nitrogen and oxygen atoms in total. The second kappa shape index (κ2) is 4.80. The fourth-order valence-electron chi connectivity index (χ4n) is 2.13. The van der Waals surface area contributed by atoms with Crippen LogP contribution >= 0.6 is 0 Å². The molecular weight excluding hydrogens is 230 g/mol. The molecule has 0 radical (unpaired) electrons. The lowest BCUT2D eigenvalue weighted by molar-refractivity contribution is -0.151. The molecule has 1 saturated carbocycles. The van der Waals surface area contributed by atoms with Gasteiger partial charge in [0.2, 0.25) is 5.91 Å². The van der Waals surface area contributed by atoms with Crippen LogP contribution in [0.25, 0.3) is 0 Å². The Balaban J connectivity index is 1.96. The fourth-order valence-corrected chi connectivity index (χ4v) is 2.13. The molecule has 0 bridgehead atoms. The third-order valence-electron chi connectivity index (χ3n) is 3.48. The molecule has 2 N–H and O–H groups in total. The molecule has 2 rings (SSSR count). The van der Waals surface area contributed by atoms with Crippen LogP contribution in [0.1, 0.15) is 30.4 Å². The highest BCUT2D eigenvalue weighted by atomic mass is 16.4. The molecule has 0 aromatic heterocycles. The van der Waals surface area contributed by atoms with Crippen LogP contribution in [0.3, 0.4) is 0 Å². The first-order valence-electron chi connectivity index (χ1n) is 6.12. The van der Waals surface area contributed by atoms with Crippen LogP contribution in [0.15, 0.2) is 24.3 Å². The minimum absolute atomic E-state index is 0.221. The van der Waals surface area contributed by atoms with Crippen LogP contribution in [0.5, 0.6) is 0 Å². The van der Waals surface area contributed by atoms with Crippen molar-refractivity contribution in [1.29, 1.82) is 0 Å². The molecule has 96 valence electrons. The first-order valence-corrected chi connectivity index (χ1v) is 6.12. The summed E-state index contributed by atoms with van der Waals surface area (Å²) in [6.45, 7) is 1.98. The van der Waals surface area contributed by atoms with E-state index in [1.807, 2.05) is 31.2 Å². The van der Waals surface area contributed by atoms with E-state index in [4.69, 9.17) is 5.11 Å². The summed E-state index contributed by atoms with van der Waals surface area (Å²) < 4.78 is 0. The topological polar surface area (TPSA) is 66.4 Å². The van der Waals surface area contributed by atoms with E-state index in [2.05, 4.69) is 5.32 Å². The lowest BCUT2D eigenvalue weighted by atomic mass is 9.76. The summed E-state index contributed by atoms with van der Waals surface area (Å²) in [5.74, 6) is -1.15. The van der Waals surface area contributed by atoms with Crippen LogP contribution in [0, 0.1) is 6.92 Å². The van der Waals surface area contributed by atoms with Gasteiger partial charge in [-0.2, -0.15) is 0 Å². The van der Waals surface area contributed by atoms with E-state index in [1.54, 1.807) is 0 Å². The van der Waals surface area contributed by atoms with Crippen molar-refractivity contribution in [3.05, 3.63) is 35.4 Å². The maximum atomic E-state index is 11.8. The summed E-state index contributed by atoms with van der Waals surface area (Å²) >= 11 is 0. The molecule has 1 aromatic rings. The van der Waals surface area contributed by atoms with Gasteiger partial charge >= 0.3 is 5.97 Å². The average molecular weight is 247 g/mol. The van der Waals surface area contributed by atoms with Gasteiger partial charge in [-0.25, -0.2) is 4.79 Å². The Morgan fingerprint density at radius 3 is 2.33 bits per heavy atom. The third-order valence-corrected chi connectivity index (χ3v) is 3.48. The van der Waals surface area contributed by atoms with E-state index in [-0.39, 0.29) is 12.3 Å². The van der Waals surface area contributed by atoms with E-state index in [1.165, 1.54) is 0 Å². The minimum Gasteiger partial charge on any atom is -0.480 e. The lowest BCUT2D eigenvalue weighted by Crippen LogP contribution is -2.59. The largest absolute Gasteiger partial charge is 0.480 e. The molecule has 1 fully saturated rings. The first-order chi connectivity index (χ1) is 8.52. The Morgan fingerprint density at radius 1 is 1.28 bits per heavy atom. The maximum absolute atomic E-state index is 11.8. The number of benzene rings is 1. The van der Waals surface area contributed by atoms with Gasteiger partial charge in [0, 0.05) is 0 Å². The van der Waals surface area contributed by atoms with Gasteiger partial charge in [-0.05, 0) is 31.7 Å². The van der Waals surface area contributed by atoms with Gasteiger partial charge < -0.3 is 10.4 Å². The van der Waals surface area contributed by atoms with Crippen molar-refractivity contribution in [2.24, 2.45) is 0 Å². The van der Waals surface area contributed by atoms with Crippen molar-refractivity contribution in [3.63, 3.8) is 0 Å². The van der Waals surface area contributed by atoms with Gasteiger partial charge in [-0.15, -0.1) is 0 Å². The Morgan fingerprint density at radius 2 is 1.89 bits per heavy atom. The van der Waals surface area contributed by atoms with Gasteiger partial charge in [0.15, 0.2) is 0 Å². The van der Waals surface area contributed by atoms with E-state index in [9.17, 15) is 9.59 Å². The number of amides is 1. The zero-order chi connectivity index (χ0) is 13.2. The van der Waals surface area contributed by atoms with Gasteiger partial charge in [-0.3, -0.25) is 4.79 Å². The molecule has 0 spiro atoms. The first kappa shape index (κ1) is 12.6. The zero-order valence-corrected chi connectivity index (χ0v) is 10.4. The Labute approximate surface area is 106 Å². The average Bonchev–Trinajstić information content (AvgIpc) is 2.26. The van der Waals surface area contributed by atoms with E-state index < -0.39 is 11.5 Å². The van der Waals surface area contributed by atoms with Crippen LogP contribution < -0.4 is 5.32 Å². The summed E-state index contributed by atoms with van der Waals surface area (Å²) in [7, 11) is 0.